The molecule has 0 amide bonds. The molecule has 0 saturated heterocycles. The summed E-state index contributed by atoms with van der Waals surface area (Å²) in [5.41, 5.74) is 8.79. The molecule has 3 nitrogen and oxygen atoms in total. The Morgan fingerprint density at radius 1 is 0.875 bits per heavy atom. The second-order valence-corrected chi connectivity index (χ2v) is 8.69. The van der Waals surface area contributed by atoms with Gasteiger partial charge in [0.05, 0.1) is 12.1 Å². The number of aryl methyl sites for hydroxylation is 2. The molecule has 5 rings (SSSR count). The first-order chi connectivity index (χ1) is 15.5. The van der Waals surface area contributed by atoms with Gasteiger partial charge in [-0.15, -0.1) is 0 Å². The number of aromatic nitrogens is 1. The first kappa shape index (κ1) is 20.0. The lowest BCUT2D eigenvalue weighted by atomic mass is 9.96. The summed E-state index contributed by atoms with van der Waals surface area (Å²) in [5, 5.41) is 2.02. The van der Waals surface area contributed by atoms with E-state index < -0.39 is 0 Å². The van der Waals surface area contributed by atoms with Gasteiger partial charge in [0.25, 0.3) is 0 Å². The summed E-state index contributed by atoms with van der Waals surface area (Å²) in [4.78, 5) is 3.82. The Kier molecular flexibility index (Phi) is 4.79. The Balaban J connectivity index is 1.79. The summed E-state index contributed by atoms with van der Waals surface area (Å²) >= 11 is 0. The molecule has 32 heavy (non-hydrogen) atoms. The van der Waals surface area contributed by atoms with Crippen molar-refractivity contribution in [3.05, 3.63) is 95.5 Å². The number of benzene rings is 3. The van der Waals surface area contributed by atoms with Gasteiger partial charge in [-0.1, -0.05) is 50.2 Å². The molecule has 156 valence electrons. The number of fused-ring (bicyclic) bond motifs is 3. The van der Waals surface area contributed by atoms with E-state index in [0.717, 1.165) is 44.3 Å². The fourth-order valence-corrected chi connectivity index (χ4v) is 4.43. The molecule has 2 heterocycles. The molecule has 0 bridgehead atoms. The molecule has 0 aliphatic heterocycles. The van der Waals surface area contributed by atoms with Gasteiger partial charge in [-0.3, -0.25) is 0 Å². The molecule has 3 heteroatoms. The molecule has 0 unspecified atom stereocenters. The number of pyridine rings is 1. The lowest BCUT2D eigenvalue weighted by Gasteiger charge is -2.08. The van der Waals surface area contributed by atoms with Crippen LogP contribution in [-0.2, 0) is 7.05 Å². The summed E-state index contributed by atoms with van der Waals surface area (Å²) in [5.74, 6) is 0.490. The molecule has 0 saturated carbocycles. The van der Waals surface area contributed by atoms with Gasteiger partial charge in [0.2, 0.25) is 11.4 Å². The van der Waals surface area contributed by atoms with E-state index in [1.807, 2.05) is 31.4 Å². The Bertz CT molecular complexity index is 1520. The van der Waals surface area contributed by atoms with Crippen molar-refractivity contribution >= 4 is 27.6 Å². The van der Waals surface area contributed by atoms with Crippen LogP contribution >= 0.6 is 0 Å². The molecular weight excluding hydrogens is 392 g/mol. The van der Waals surface area contributed by atoms with E-state index in [4.69, 9.17) is 11.0 Å². The highest BCUT2D eigenvalue weighted by atomic mass is 16.3. The van der Waals surface area contributed by atoms with Crippen LogP contribution in [-0.4, -0.2) is 0 Å². The summed E-state index contributed by atoms with van der Waals surface area (Å²) in [6.45, 7) is 14.3. The Labute approximate surface area is 188 Å². The van der Waals surface area contributed by atoms with Crippen LogP contribution in [0.1, 0.15) is 30.9 Å². The number of nitrogens with zero attached hydrogens (tertiary/aromatic N) is 2. The molecule has 0 N–H and O–H groups in total. The van der Waals surface area contributed by atoms with Crippen LogP contribution < -0.4 is 4.57 Å². The van der Waals surface area contributed by atoms with Crippen LogP contribution in [0.4, 0.5) is 5.69 Å². The molecule has 2 aromatic heterocycles. The molecule has 5 aromatic rings. The third-order valence-corrected chi connectivity index (χ3v) is 6.27. The fraction of sp³-hybridized carbons (Fsp3) is 0.172. The lowest BCUT2D eigenvalue weighted by Crippen LogP contribution is -2.30. The summed E-state index contributed by atoms with van der Waals surface area (Å²) in [6, 6.07) is 23.2. The lowest BCUT2D eigenvalue weighted by molar-refractivity contribution is -0.660. The minimum absolute atomic E-state index is 0.490. The van der Waals surface area contributed by atoms with Crippen molar-refractivity contribution in [2.24, 2.45) is 7.05 Å². The topological polar surface area (TPSA) is 21.4 Å². The van der Waals surface area contributed by atoms with Gasteiger partial charge in [-0.2, -0.15) is 0 Å². The maximum absolute atomic E-state index is 7.80. The number of hydrogen-bond acceptors (Lipinski definition) is 1. The van der Waals surface area contributed by atoms with Crippen molar-refractivity contribution in [1.82, 2.24) is 0 Å². The number of hydrogen-bond donors (Lipinski definition) is 0. The highest BCUT2D eigenvalue weighted by molar-refractivity contribution is 6.14. The van der Waals surface area contributed by atoms with Crippen LogP contribution in [0.25, 0.3) is 49.2 Å². The molecule has 3 aromatic carbocycles. The van der Waals surface area contributed by atoms with Gasteiger partial charge in [0.15, 0.2) is 6.20 Å². The zero-order chi connectivity index (χ0) is 22.4. The monoisotopic (exact) mass is 417 g/mol. The number of furan rings is 1. The predicted molar refractivity (Wildman–Crippen MR) is 131 cm³/mol. The smallest absolute Gasteiger partial charge is 0.230 e. The quantitative estimate of drug-likeness (QED) is 0.217. The summed E-state index contributed by atoms with van der Waals surface area (Å²) < 4.78 is 8.51. The molecule has 0 spiro atoms. The van der Waals surface area contributed by atoms with Gasteiger partial charge in [-0.05, 0) is 53.3 Å². The third kappa shape index (κ3) is 3.16. The minimum atomic E-state index is 0.490. The van der Waals surface area contributed by atoms with Gasteiger partial charge < -0.3 is 4.42 Å². The summed E-state index contributed by atoms with van der Waals surface area (Å²) in [7, 11) is 2.04. The standard InChI is InChI=1S/C29H25N2O/c1-18(2)20-10-12-21(13-11-20)22-16-24-23-14-9-19(3)27(26-8-6-7-15-31(26)5)29(23)32-28(24)25(17-22)30-4/h6-18H,1-3,5H3/q+1. The van der Waals surface area contributed by atoms with E-state index in [9.17, 15) is 0 Å². The predicted octanol–water partition coefficient (Wildman–Crippen LogP) is 7.73. The van der Waals surface area contributed by atoms with Crippen molar-refractivity contribution < 1.29 is 8.98 Å². The van der Waals surface area contributed by atoms with Crippen LogP contribution in [0.5, 0.6) is 0 Å². The van der Waals surface area contributed by atoms with Crippen LogP contribution in [0.2, 0.25) is 0 Å². The first-order valence-electron chi connectivity index (χ1n) is 10.9. The van der Waals surface area contributed by atoms with Gasteiger partial charge in [0.1, 0.15) is 18.2 Å². The van der Waals surface area contributed by atoms with Crippen molar-refractivity contribution in [3.63, 3.8) is 0 Å². The van der Waals surface area contributed by atoms with Crippen LogP contribution in [0.15, 0.2) is 77.3 Å². The molecule has 0 fully saturated rings. The maximum atomic E-state index is 7.80. The van der Waals surface area contributed by atoms with E-state index >= 15 is 0 Å². The SMILES string of the molecule is [C-]#[N+]c1cc(-c2ccc(C(C)C)cc2)cc2c1oc1c(-c3cccc[n+]3C)c(C)ccc12. The van der Waals surface area contributed by atoms with Crippen molar-refractivity contribution in [2.75, 3.05) is 0 Å². The van der Waals surface area contributed by atoms with E-state index in [2.05, 4.69) is 78.7 Å². The second-order valence-electron chi connectivity index (χ2n) is 8.69. The van der Waals surface area contributed by atoms with Crippen LogP contribution in [0.3, 0.4) is 0 Å². The van der Waals surface area contributed by atoms with E-state index in [0.29, 0.717) is 17.2 Å². The Morgan fingerprint density at radius 3 is 2.34 bits per heavy atom. The zero-order valence-electron chi connectivity index (χ0n) is 18.8. The molecule has 0 aliphatic carbocycles. The van der Waals surface area contributed by atoms with E-state index in [-0.39, 0.29) is 0 Å². The molecule has 0 atom stereocenters. The van der Waals surface area contributed by atoms with Gasteiger partial charge in [0, 0.05) is 22.9 Å². The molecule has 0 aliphatic rings. The maximum Gasteiger partial charge on any atom is 0.230 e. The number of rotatable bonds is 3. The zero-order valence-corrected chi connectivity index (χ0v) is 18.8. The highest BCUT2D eigenvalue weighted by Gasteiger charge is 2.21. The molecular formula is C29H25N2O+. The van der Waals surface area contributed by atoms with E-state index in [1.165, 1.54) is 5.56 Å². The average molecular weight is 418 g/mol. The third-order valence-electron chi connectivity index (χ3n) is 6.27. The second kappa shape index (κ2) is 7.66. The van der Waals surface area contributed by atoms with Gasteiger partial charge >= 0.3 is 0 Å². The normalized spacial score (nSPS) is 11.4. The van der Waals surface area contributed by atoms with Crippen LogP contribution in [0, 0.1) is 13.5 Å². The van der Waals surface area contributed by atoms with Crippen molar-refractivity contribution in [1.29, 1.82) is 0 Å². The Hall–Kier alpha value is -3.90. The first-order valence-corrected chi connectivity index (χ1v) is 10.9. The van der Waals surface area contributed by atoms with E-state index in [1.54, 1.807) is 0 Å². The van der Waals surface area contributed by atoms with Crippen molar-refractivity contribution in [3.8, 4) is 22.4 Å². The van der Waals surface area contributed by atoms with Crippen molar-refractivity contribution in [2.45, 2.75) is 26.7 Å². The van der Waals surface area contributed by atoms with Gasteiger partial charge in [-0.25, -0.2) is 9.41 Å². The highest BCUT2D eigenvalue weighted by Crippen LogP contribution is 2.42. The minimum Gasteiger partial charge on any atom is -0.466 e. The average Bonchev–Trinajstić information content (AvgIpc) is 3.17. The largest absolute Gasteiger partial charge is 0.466 e. The molecule has 0 radical (unpaired) electrons. The Morgan fingerprint density at radius 2 is 1.66 bits per heavy atom. The fourth-order valence-electron chi connectivity index (χ4n) is 4.43. The summed E-state index contributed by atoms with van der Waals surface area (Å²) in [6.07, 6.45) is 2.04.